The zero-order chi connectivity index (χ0) is 15.6. The molecular formula is C15H29Cl2N5O. The molecule has 2 rings (SSSR count). The number of aryl methyl sites for hydroxylation is 2. The number of nitrogens with two attached hydrogens (primary N) is 1. The van der Waals surface area contributed by atoms with Crippen molar-refractivity contribution in [3.05, 3.63) is 11.4 Å². The summed E-state index contributed by atoms with van der Waals surface area (Å²) in [5.41, 5.74) is 8.54. The lowest BCUT2D eigenvalue weighted by Gasteiger charge is -2.38. The van der Waals surface area contributed by atoms with Crippen LogP contribution in [-0.4, -0.2) is 46.3 Å². The number of anilines is 1. The van der Waals surface area contributed by atoms with Crippen LogP contribution in [0, 0.1) is 19.8 Å². The molecule has 0 spiro atoms. The first-order valence-electron chi connectivity index (χ1n) is 7.68. The number of halogens is 2. The first-order chi connectivity index (χ1) is 9.93. The van der Waals surface area contributed by atoms with Crippen molar-refractivity contribution in [3.8, 4) is 0 Å². The Bertz CT molecular complexity index is 520. The van der Waals surface area contributed by atoms with Crippen LogP contribution in [0.25, 0.3) is 0 Å². The highest BCUT2D eigenvalue weighted by Gasteiger charge is 2.28. The molecule has 0 saturated carbocycles. The van der Waals surface area contributed by atoms with Crippen LogP contribution in [-0.2, 0) is 11.8 Å². The largest absolute Gasteiger partial charge is 0.329 e. The molecule has 1 saturated heterocycles. The standard InChI is InChI=1S/C15H27N5O.2ClH/c1-10-6-5-7-20(13(10)8-16)9-14(21)17-15-11(2)18-19(4)12(15)3;;/h10,13H,5-9,16H2,1-4H3,(H,17,21);2*1H. The smallest absolute Gasteiger partial charge is 0.238 e. The van der Waals surface area contributed by atoms with Crippen molar-refractivity contribution in [2.24, 2.45) is 18.7 Å². The van der Waals surface area contributed by atoms with E-state index in [2.05, 4.69) is 22.2 Å². The Morgan fingerprint density at radius 3 is 2.57 bits per heavy atom. The number of carbonyl (C=O) groups excluding carboxylic acids is 1. The van der Waals surface area contributed by atoms with Gasteiger partial charge in [-0.1, -0.05) is 6.92 Å². The van der Waals surface area contributed by atoms with Crippen molar-refractivity contribution in [1.29, 1.82) is 0 Å². The molecule has 0 aliphatic carbocycles. The van der Waals surface area contributed by atoms with Gasteiger partial charge in [-0.25, -0.2) is 0 Å². The molecule has 1 aliphatic rings. The zero-order valence-corrected chi connectivity index (χ0v) is 16.0. The second kappa shape index (κ2) is 9.47. The minimum Gasteiger partial charge on any atom is -0.329 e. The molecular weight excluding hydrogens is 337 g/mol. The fourth-order valence-corrected chi connectivity index (χ4v) is 3.23. The normalized spacial score (nSPS) is 21.3. The Kier molecular flexibility index (Phi) is 9.13. The Balaban J connectivity index is 0.00000242. The zero-order valence-electron chi connectivity index (χ0n) is 14.3. The van der Waals surface area contributed by atoms with Crippen LogP contribution in [0.1, 0.15) is 31.2 Å². The molecule has 23 heavy (non-hydrogen) atoms. The van der Waals surface area contributed by atoms with Gasteiger partial charge in [-0.15, -0.1) is 24.8 Å². The summed E-state index contributed by atoms with van der Waals surface area (Å²) in [5.74, 6) is 0.570. The number of nitrogens with zero attached hydrogens (tertiary/aromatic N) is 3. The second-order valence-corrected chi connectivity index (χ2v) is 6.11. The molecule has 2 atom stereocenters. The van der Waals surface area contributed by atoms with E-state index < -0.39 is 0 Å². The molecule has 6 nitrogen and oxygen atoms in total. The summed E-state index contributed by atoms with van der Waals surface area (Å²) in [4.78, 5) is 14.5. The second-order valence-electron chi connectivity index (χ2n) is 6.11. The summed E-state index contributed by atoms with van der Waals surface area (Å²) in [6.45, 7) is 8.05. The Labute approximate surface area is 151 Å². The van der Waals surface area contributed by atoms with Gasteiger partial charge in [-0.3, -0.25) is 14.4 Å². The van der Waals surface area contributed by atoms with Crippen molar-refractivity contribution in [3.63, 3.8) is 0 Å². The van der Waals surface area contributed by atoms with Crippen molar-refractivity contribution >= 4 is 36.4 Å². The van der Waals surface area contributed by atoms with Crippen LogP contribution in [0.4, 0.5) is 5.69 Å². The van der Waals surface area contributed by atoms with Gasteiger partial charge < -0.3 is 11.1 Å². The van der Waals surface area contributed by atoms with Crippen molar-refractivity contribution in [2.75, 3.05) is 25.0 Å². The van der Waals surface area contributed by atoms with Crippen LogP contribution in [0.15, 0.2) is 0 Å². The van der Waals surface area contributed by atoms with Gasteiger partial charge in [0, 0.05) is 19.6 Å². The molecule has 0 bridgehead atoms. The van der Waals surface area contributed by atoms with E-state index in [-0.39, 0.29) is 30.7 Å². The van der Waals surface area contributed by atoms with Gasteiger partial charge in [-0.05, 0) is 39.2 Å². The van der Waals surface area contributed by atoms with E-state index in [1.54, 1.807) is 4.68 Å². The van der Waals surface area contributed by atoms with Crippen molar-refractivity contribution < 1.29 is 4.79 Å². The van der Waals surface area contributed by atoms with E-state index in [0.29, 0.717) is 25.0 Å². The Morgan fingerprint density at radius 2 is 2.04 bits per heavy atom. The molecule has 134 valence electrons. The summed E-state index contributed by atoms with van der Waals surface area (Å²) in [5, 5.41) is 7.32. The van der Waals surface area contributed by atoms with Crippen LogP contribution in [0.5, 0.6) is 0 Å². The van der Waals surface area contributed by atoms with E-state index in [1.807, 2.05) is 20.9 Å². The lowest BCUT2D eigenvalue weighted by atomic mass is 9.91. The van der Waals surface area contributed by atoms with Gasteiger partial charge in [-0.2, -0.15) is 5.10 Å². The molecule has 0 aromatic carbocycles. The van der Waals surface area contributed by atoms with E-state index >= 15 is 0 Å². The van der Waals surface area contributed by atoms with E-state index in [1.165, 1.54) is 6.42 Å². The summed E-state index contributed by atoms with van der Waals surface area (Å²) in [7, 11) is 1.88. The van der Waals surface area contributed by atoms with Crippen LogP contribution >= 0.6 is 24.8 Å². The van der Waals surface area contributed by atoms with Crippen molar-refractivity contribution in [2.45, 2.75) is 39.7 Å². The van der Waals surface area contributed by atoms with Gasteiger partial charge in [0.15, 0.2) is 0 Å². The summed E-state index contributed by atoms with van der Waals surface area (Å²) < 4.78 is 1.79. The molecule has 1 aliphatic heterocycles. The predicted octanol–water partition coefficient (Wildman–Crippen LogP) is 1.88. The summed E-state index contributed by atoms with van der Waals surface area (Å²) in [6, 6.07) is 0.306. The maximum Gasteiger partial charge on any atom is 0.238 e. The number of carbonyl (C=O) groups is 1. The molecule has 2 heterocycles. The minimum atomic E-state index is 0. The topological polar surface area (TPSA) is 76.2 Å². The quantitative estimate of drug-likeness (QED) is 0.853. The number of amides is 1. The number of hydrogen-bond acceptors (Lipinski definition) is 4. The molecule has 1 fully saturated rings. The highest BCUT2D eigenvalue weighted by Crippen LogP contribution is 2.23. The molecule has 1 aromatic rings. The summed E-state index contributed by atoms with van der Waals surface area (Å²) in [6.07, 6.45) is 2.33. The number of hydrogen-bond donors (Lipinski definition) is 2. The van der Waals surface area contributed by atoms with Gasteiger partial charge in [0.25, 0.3) is 0 Å². The van der Waals surface area contributed by atoms with E-state index in [0.717, 1.165) is 30.0 Å². The fraction of sp³-hybridized carbons (Fsp3) is 0.733. The maximum atomic E-state index is 12.3. The van der Waals surface area contributed by atoms with Crippen LogP contribution in [0.3, 0.4) is 0 Å². The number of likely N-dealkylation sites (tertiary alicyclic amines) is 1. The summed E-state index contributed by atoms with van der Waals surface area (Å²) >= 11 is 0. The third-order valence-electron chi connectivity index (χ3n) is 4.59. The van der Waals surface area contributed by atoms with Gasteiger partial charge in [0.05, 0.1) is 23.6 Å². The van der Waals surface area contributed by atoms with Crippen LogP contribution in [0.2, 0.25) is 0 Å². The third kappa shape index (κ3) is 5.08. The molecule has 0 radical (unpaired) electrons. The highest BCUT2D eigenvalue weighted by molar-refractivity contribution is 5.93. The average molecular weight is 366 g/mol. The van der Waals surface area contributed by atoms with Crippen LogP contribution < -0.4 is 11.1 Å². The number of piperidine rings is 1. The first kappa shape index (κ1) is 22.2. The molecule has 1 amide bonds. The molecule has 8 heteroatoms. The monoisotopic (exact) mass is 365 g/mol. The number of nitrogens with one attached hydrogen (secondary N) is 1. The van der Waals surface area contributed by atoms with E-state index in [4.69, 9.17) is 5.73 Å². The van der Waals surface area contributed by atoms with Gasteiger partial charge >= 0.3 is 0 Å². The minimum absolute atomic E-state index is 0. The number of rotatable bonds is 4. The highest BCUT2D eigenvalue weighted by atomic mass is 35.5. The maximum absolute atomic E-state index is 12.3. The lowest BCUT2D eigenvalue weighted by molar-refractivity contribution is -0.118. The molecule has 3 N–H and O–H groups in total. The lowest BCUT2D eigenvalue weighted by Crippen LogP contribution is -2.51. The predicted molar refractivity (Wildman–Crippen MR) is 98.6 cm³/mol. The third-order valence-corrected chi connectivity index (χ3v) is 4.59. The SMILES string of the molecule is Cc1nn(C)c(C)c1NC(=O)CN1CCCC(C)C1CN.Cl.Cl. The molecule has 1 aromatic heterocycles. The number of aromatic nitrogens is 2. The van der Waals surface area contributed by atoms with Gasteiger partial charge in [0.1, 0.15) is 0 Å². The Morgan fingerprint density at radius 1 is 1.39 bits per heavy atom. The van der Waals surface area contributed by atoms with Crippen molar-refractivity contribution in [1.82, 2.24) is 14.7 Å². The Hall–Kier alpha value is -0.820. The average Bonchev–Trinajstić information content (AvgIpc) is 2.66. The molecule has 2 unspecified atom stereocenters. The fourth-order valence-electron chi connectivity index (χ4n) is 3.23. The van der Waals surface area contributed by atoms with Gasteiger partial charge in [0.2, 0.25) is 5.91 Å². The van der Waals surface area contributed by atoms with E-state index in [9.17, 15) is 4.79 Å². The first-order valence-corrected chi connectivity index (χ1v) is 7.68.